The van der Waals surface area contributed by atoms with Crippen LogP contribution in [0.4, 0.5) is 0 Å². The molecule has 1 amide bonds. The maximum absolute atomic E-state index is 12.5. The standard InChI is InChI=1S/C22H23N3O4/c1-13(15-4-5-17-9-19(29-3)7-6-16(17)8-15)22(28)25-24-11-20-18(12-26)10-23-14(2)21(20)27/h4-11,13,26-27H,12H2,1-3H3,(H,25,28). The van der Waals surface area contributed by atoms with Crippen LogP contribution in [-0.2, 0) is 11.4 Å². The fourth-order valence-electron chi connectivity index (χ4n) is 2.97. The second-order valence-corrected chi connectivity index (χ2v) is 6.72. The van der Waals surface area contributed by atoms with Crippen molar-refractivity contribution in [3.05, 3.63) is 65.0 Å². The van der Waals surface area contributed by atoms with Crippen molar-refractivity contribution in [2.24, 2.45) is 5.10 Å². The van der Waals surface area contributed by atoms with Crippen LogP contribution >= 0.6 is 0 Å². The maximum atomic E-state index is 12.5. The molecule has 3 N–H and O–H groups in total. The van der Waals surface area contributed by atoms with Gasteiger partial charge in [0.05, 0.1) is 31.5 Å². The fourth-order valence-corrected chi connectivity index (χ4v) is 2.97. The lowest BCUT2D eigenvalue weighted by atomic mass is 9.97. The third-order valence-electron chi connectivity index (χ3n) is 4.86. The number of aromatic hydroxyl groups is 1. The smallest absolute Gasteiger partial charge is 0.247 e. The quantitative estimate of drug-likeness (QED) is 0.441. The molecule has 150 valence electrons. The number of pyridine rings is 1. The second-order valence-electron chi connectivity index (χ2n) is 6.72. The van der Waals surface area contributed by atoms with E-state index in [-0.39, 0.29) is 18.3 Å². The molecule has 0 aliphatic rings. The van der Waals surface area contributed by atoms with Crippen LogP contribution in [0.1, 0.15) is 35.2 Å². The Bertz CT molecular complexity index is 1080. The average Bonchev–Trinajstić information content (AvgIpc) is 2.75. The summed E-state index contributed by atoms with van der Waals surface area (Å²) in [6.07, 6.45) is 2.78. The van der Waals surface area contributed by atoms with E-state index in [1.54, 1.807) is 21.0 Å². The molecule has 0 spiro atoms. The molecule has 0 aliphatic carbocycles. The van der Waals surface area contributed by atoms with Crippen LogP contribution < -0.4 is 10.2 Å². The zero-order valence-electron chi connectivity index (χ0n) is 16.5. The number of amides is 1. The third-order valence-corrected chi connectivity index (χ3v) is 4.86. The van der Waals surface area contributed by atoms with Gasteiger partial charge in [-0.2, -0.15) is 5.10 Å². The molecule has 3 aromatic rings. The van der Waals surface area contributed by atoms with E-state index in [2.05, 4.69) is 15.5 Å². The molecule has 0 radical (unpaired) electrons. The Kier molecular flexibility index (Phi) is 6.09. The normalized spacial score (nSPS) is 12.3. The molecule has 1 heterocycles. The number of aliphatic hydroxyl groups is 1. The Hall–Kier alpha value is -3.45. The zero-order chi connectivity index (χ0) is 21.0. The van der Waals surface area contributed by atoms with Crippen molar-refractivity contribution in [2.75, 3.05) is 7.11 Å². The predicted octanol–water partition coefficient (Wildman–Crippen LogP) is 3.00. The lowest BCUT2D eigenvalue weighted by Crippen LogP contribution is -2.23. The van der Waals surface area contributed by atoms with Crippen molar-refractivity contribution in [1.82, 2.24) is 10.4 Å². The Labute approximate surface area is 168 Å². The Balaban J connectivity index is 1.75. The molecular weight excluding hydrogens is 370 g/mol. The molecule has 0 bridgehead atoms. The first-order valence-electron chi connectivity index (χ1n) is 9.13. The van der Waals surface area contributed by atoms with Crippen LogP contribution in [0.5, 0.6) is 11.5 Å². The zero-order valence-corrected chi connectivity index (χ0v) is 16.5. The van der Waals surface area contributed by atoms with Gasteiger partial charge in [-0.25, -0.2) is 5.43 Å². The summed E-state index contributed by atoms with van der Waals surface area (Å²) in [6, 6.07) is 11.6. The summed E-state index contributed by atoms with van der Waals surface area (Å²) in [5, 5.41) is 25.5. The minimum absolute atomic E-state index is 0.0763. The molecular formula is C22H23N3O4. The SMILES string of the molecule is COc1ccc2cc(C(C)C(=O)NN=Cc3c(CO)cnc(C)c3O)ccc2c1. The van der Waals surface area contributed by atoms with Crippen molar-refractivity contribution >= 4 is 22.9 Å². The number of nitrogens with one attached hydrogen (secondary N) is 1. The Morgan fingerprint density at radius 2 is 2.00 bits per heavy atom. The molecule has 3 rings (SSSR count). The fraction of sp³-hybridized carbons (Fsp3) is 0.227. The highest BCUT2D eigenvalue weighted by Crippen LogP contribution is 2.25. The molecule has 0 saturated carbocycles. The van der Waals surface area contributed by atoms with E-state index in [9.17, 15) is 15.0 Å². The highest BCUT2D eigenvalue weighted by Gasteiger charge is 2.16. The largest absolute Gasteiger partial charge is 0.505 e. The topological polar surface area (TPSA) is 104 Å². The number of aliphatic hydroxyl groups excluding tert-OH is 1. The number of hydrogen-bond donors (Lipinski definition) is 3. The maximum Gasteiger partial charge on any atom is 0.247 e. The van der Waals surface area contributed by atoms with Gasteiger partial charge in [-0.1, -0.05) is 24.3 Å². The van der Waals surface area contributed by atoms with Gasteiger partial charge in [0.25, 0.3) is 0 Å². The van der Waals surface area contributed by atoms with Crippen LogP contribution in [0.2, 0.25) is 0 Å². The van der Waals surface area contributed by atoms with Gasteiger partial charge in [-0.15, -0.1) is 0 Å². The third kappa shape index (κ3) is 4.35. The number of aryl methyl sites for hydroxylation is 1. The highest BCUT2D eigenvalue weighted by atomic mass is 16.5. The van der Waals surface area contributed by atoms with E-state index in [0.29, 0.717) is 16.8 Å². The molecule has 7 heteroatoms. The number of ether oxygens (including phenoxy) is 1. The van der Waals surface area contributed by atoms with Gasteiger partial charge in [0.15, 0.2) is 0 Å². The number of fused-ring (bicyclic) bond motifs is 1. The van der Waals surface area contributed by atoms with Crippen molar-refractivity contribution in [1.29, 1.82) is 0 Å². The summed E-state index contributed by atoms with van der Waals surface area (Å²) in [6.45, 7) is 3.14. The lowest BCUT2D eigenvalue weighted by Gasteiger charge is -2.12. The van der Waals surface area contributed by atoms with Crippen LogP contribution in [-0.4, -0.2) is 34.4 Å². The van der Waals surface area contributed by atoms with Crippen molar-refractivity contribution in [3.8, 4) is 11.5 Å². The monoisotopic (exact) mass is 393 g/mol. The van der Waals surface area contributed by atoms with E-state index in [0.717, 1.165) is 22.1 Å². The van der Waals surface area contributed by atoms with Gasteiger partial charge in [-0.3, -0.25) is 9.78 Å². The lowest BCUT2D eigenvalue weighted by molar-refractivity contribution is -0.122. The number of carbonyl (C=O) groups is 1. The van der Waals surface area contributed by atoms with E-state index in [1.807, 2.05) is 36.4 Å². The molecule has 7 nitrogen and oxygen atoms in total. The molecule has 1 unspecified atom stereocenters. The van der Waals surface area contributed by atoms with Crippen molar-refractivity contribution < 1.29 is 19.7 Å². The predicted molar refractivity (Wildman–Crippen MR) is 111 cm³/mol. The number of rotatable bonds is 6. The number of carbonyl (C=O) groups excluding carboxylic acids is 1. The van der Waals surface area contributed by atoms with E-state index >= 15 is 0 Å². The van der Waals surface area contributed by atoms with Crippen LogP contribution in [0, 0.1) is 6.92 Å². The first-order valence-corrected chi connectivity index (χ1v) is 9.13. The minimum atomic E-state index is -0.427. The van der Waals surface area contributed by atoms with Gasteiger partial charge in [0.2, 0.25) is 5.91 Å². The van der Waals surface area contributed by atoms with Gasteiger partial charge in [0, 0.05) is 17.3 Å². The molecule has 2 aromatic carbocycles. The second kappa shape index (κ2) is 8.70. The van der Waals surface area contributed by atoms with Crippen LogP contribution in [0.25, 0.3) is 10.8 Å². The van der Waals surface area contributed by atoms with Gasteiger partial charge < -0.3 is 14.9 Å². The Morgan fingerprint density at radius 1 is 1.28 bits per heavy atom. The first kappa shape index (κ1) is 20.3. The summed E-state index contributed by atoms with van der Waals surface area (Å²) >= 11 is 0. The van der Waals surface area contributed by atoms with Crippen molar-refractivity contribution in [2.45, 2.75) is 26.4 Å². The van der Waals surface area contributed by atoms with Crippen molar-refractivity contribution in [3.63, 3.8) is 0 Å². The number of methoxy groups -OCH3 is 1. The summed E-state index contributed by atoms with van der Waals surface area (Å²) in [5.41, 5.74) is 4.51. The van der Waals surface area contributed by atoms with Gasteiger partial charge in [-0.05, 0) is 42.3 Å². The number of aromatic nitrogens is 1. The number of hydrogen-bond acceptors (Lipinski definition) is 6. The van der Waals surface area contributed by atoms with Gasteiger partial charge >= 0.3 is 0 Å². The summed E-state index contributed by atoms with van der Waals surface area (Å²) in [5.74, 6) is -0.0107. The van der Waals surface area contributed by atoms with E-state index in [4.69, 9.17) is 4.74 Å². The molecule has 1 atom stereocenters. The number of hydrazone groups is 1. The Morgan fingerprint density at radius 3 is 2.72 bits per heavy atom. The van der Waals surface area contributed by atoms with Crippen LogP contribution in [0.3, 0.4) is 0 Å². The molecule has 1 aromatic heterocycles. The van der Waals surface area contributed by atoms with E-state index in [1.165, 1.54) is 12.4 Å². The minimum Gasteiger partial charge on any atom is -0.505 e. The summed E-state index contributed by atoms with van der Waals surface area (Å²) in [7, 11) is 1.62. The van der Waals surface area contributed by atoms with Crippen LogP contribution in [0.15, 0.2) is 47.7 Å². The molecule has 0 saturated heterocycles. The highest BCUT2D eigenvalue weighted by molar-refractivity contribution is 5.90. The summed E-state index contributed by atoms with van der Waals surface area (Å²) in [4.78, 5) is 16.5. The first-order chi connectivity index (χ1) is 13.9. The summed E-state index contributed by atoms with van der Waals surface area (Å²) < 4.78 is 5.23. The number of nitrogens with zero attached hydrogens (tertiary/aromatic N) is 2. The van der Waals surface area contributed by atoms with E-state index < -0.39 is 5.92 Å². The molecule has 0 fully saturated rings. The molecule has 29 heavy (non-hydrogen) atoms. The number of benzene rings is 2. The van der Waals surface area contributed by atoms with Gasteiger partial charge in [0.1, 0.15) is 11.5 Å². The molecule has 0 aliphatic heterocycles. The average molecular weight is 393 g/mol.